The van der Waals surface area contributed by atoms with Crippen molar-refractivity contribution in [2.45, 2.75) is 20.3 Å². The molecule has 3 aromatic rings. The Balaban J connectivity index is 1.52. The van der Waals surface area contributed by atoms with Gasteiger partial charge in [0.2, 0.25) is 0 Å². The third-order valence-electron chi connectivity index (χ3n) is 5.27. The molecule has 0 unspecified atom stereocenters. The number of fused-ring (bicyclic) bond motifs is 1. The molecule has 0 saturated carbocycles. The van der Waals surface area contributed by atoms with Crippen molar-refractivity contribution >= 4 is 22.7 Å². The lowest BCUT2D eigenvalue weighted by molar-refractivity contribution is 0.0715. The summed E-state index contributed by atoms with van der Waals surface area (Å²) >= 11 is 0. The molecule has 0 spiro atoms. The van der Waals surface area contributed by atoms with E-state index >= 15 is 0 Å². The predicted molar refractivity (Wildman–Crippen MR) is 103 cm³/mol. The fraction of sp³-hybridized carbons (Fsp3) is 0.333. The Morgan fingerprint density at radius 1 is 1.00 bits per heavy atom. The number of furan rings is 1. The van der Waals surface area contributed by atoms with Crippen LogP contribution < -0.4 is 0 Å². The summed E-state index contributed by atoms with van der Waals surface area (Å²) in [6.45, 7) is 6.36. The molecule has 1 aromatic carbocycles. The Kier molecular flexibility index (Phi) is 4.48. The van der Waals surface area contributed by atoms with Crippen molar-refractivity contribution in [3.63, 3.8) is 0 Å². The van der Waals surface area contributed by atoms with Crippen molar-refractivity contribution in [1.29, 1.82) is 0 Å². The van der Waals surface area contributed by atoms with Gasteiger partial charge in [-0.15, -0.1) is 0 Å². The average Bonchev–Trinajstić information content (AvgIpc) is 3.23. The van der Waals surface area contributed by atoms with Crippen LogP contribution in [0.3, 0.4) is 0 Å². The average molecular weight is 365 g/mol. The number of amides is 2. The molecule has 2 aromatic heterocycles. The molecule has 1 fully saturated rings. The highest BCUT2D eigenvalue weighted by molar-refractivity contribution is 6.01. The van der Waals surface area contributed by atoms with Gasteiger partial charge in [0.15, 0.2) is 0 Å². The Labute approximate surface area is 157 Å². The SMILES string of the molecule is Cc1ccc2[nH]c(C(=O)N3CCCN(C(=O)c4ccoc4)CC3)c(C)c2c1. The summed E-state index contributed by atoms with van der Waals surface area (Å²) in [5.41, 5.74) is 4.33. The van der Waals surface area contributed by atoms with E-state index in [1.807, 2.05) is 30.9 Å². The van der Waals surface area contributed by atoms with Gasteiger partial charge in [0, 0.05) is 37.1 Å². The molecule has 0 aliphatic carbocycles. The van der Waals surface area contributed by atoms with E-state index in [-0.39, 0.29) is 11.8 Å². The maximum absolute atomic E-state index is 13.1. The van der Waals surface area contributed by atoms with Gasteiger partial charge in [-0.3, -0.25) is 9.59 Å². The first-order valence-corrected chi connectivity index (χ1v) is 9.24. The highest BCUT2D eigenvalue weighted by atomic mass is 16.3. The second-order valence-electron chi connectivity index (χ2n) is 7.12. The number of aromatic nitrogens is 1. The lowest BCUT2D eigenvalue weighted by Gasteiger charge is -2.21. The quantitative estimate of drug-likeness (QED) is 0.757. The highest BCUT2D eigenvalue weighted by Crippen LogP contribution is 2.24. The Morgan fingerprint density at radius 2 is 1.74 bits per heavy atom. The van der Waals surface area contributed by atoms with Gasteiger partial charge in [-0.05, 0) is 44.0 Å². The Morgan fingerprint density at radius 3 is 2.44 bits per heavy atom. The van der Waals surface area contributed by atoms with Crippen molar-refractivity contribution < 1.29 is 14.0 Å². The fourth-order valence-corrected chi connectivity index (χ4v) is 3.70. The zero-order valence-corrected chi connectivity index (χ0v) is 15.6. The summed E-state index contributed by atoms with van der Waals surface area (Å²) in [4.78, 5) is 32.5. The van der Waals surface area contributed by atoms with Crippen molar-refractivity contribution in [3.05, 3.63) is 59.2 Å². The van der Waals surface area contributed by atoms with E-state index in [2.05, 4.69) is 11.1 Å². The first kappa shape index (κ1) is 17.4. The van der Waals surface area contributed by atoms with Gasteiger partial charge >= 0.3 is 0 Å². The molecule has 6 heteroatoms. The van der Waals surface area contributed by atoms with Gasteiger partial charge in [0.25, 0.3) is 11.8 Å². The van der Waals surface area contributed by atoms with Gasteiger partial charge < -0.3 is 19.2 Å². The van der Waals surface area contributed by atoms with Crippen LogP contribution in [-0.4, -0.2) is 52.8 Å². The second-order valence-corrected chi connectivity index (χ2v) is 7.12. The van der Waals surface area contributed by atoms with Crippen LogP contribution in [0.2, 0.25) is 0 Å². The minimum atomic E-state index is -0.0460. The zero-order valence-electron chi connectivity index (χ0n) is 15.6. The monoisotopic (exact) mass is 365 g/mol. The van der Waals surface area contributed by atoms with Gasteiger partial charge in [-0.25, -0.2) is 0 Å². The van der Waals surface area contributed by atoms with E-state index < -0.39 is 0 Å². The van der Waals surface area contributed by atoms with E-state index in [9.17, 15) is 9.59 Å². The number of carbonyl (C=O) groups is 2. The molecule has 140 valence electrons. The molecule has 1 N–H and O–H groups in total. The number of nitrogens with one attached hydrogen (secondary N) is 1. The zero-order chi connectivity index (χ0) is 19.0. The molecule has 3 heterocycles. The normalized spacial score (nSPS) is 15.2. The van der Waals surface area contributed by atoms with Crippen molar-refractivity contribution in [3.8, 4) is 0 Å². The summed E-state index contributed by atoms with van der Waals surface area (Å²) in [6.07, 6.45) is 3.72. The first-order valence-electron chi connectivity index (χ1n) is 9.24. The van der Waals surface area contributed by atoms with Crippen LogP contribution in [0.5, 0.6) is 0 Å². The van der Waals surface area contributed by atoms with E-state index in [1.54, 1.807) is 11.0 Å². The first-order chi connectivity index (χ1) is 13.0. The number of benzene rings is 1. The van der Waals surface area contributed by atoms with E-state index in [4.69, 9.17) is 4.42 Å². The standard InChI is InChI=1S/C21H23N3O3/c1-14-4-5-18-17(12-14)15(2)19(22-18)21(26)24-8-3-7-23(9-10-24)20(25)16-6-11-27-13-16/h4-6,11-13,22H,3,7-10H2,1-2H3. The molecule has 6 nitrogen and oxygen atoms in total. The molecule has 4 rings (SSSR count). The van der Waals surface area contributed by atoms with Gasteiger partial charge in [-0.2, -0.15) is 0 Å². The summed E-state index contributed by atoms with van der Waals surface area (Å²) in [5, 5.41) is 1.09. The number of carbonyl (C=O) groups excluding carboxylic acids is 2. The molecule has 0 bridgehead atoms. The van der Waals surface area contributed by atoms with Crippen molar-refractivity contribution in [2.24, 2.45) is 0 Å². The lowest BCUT2D eigenvalue weighted by atomic mass is 10.1. The van der Waals surface area contributed by atoms with Crippen LogP contribution >= 0.6 is 0 Å². The minimum Gasteiger partial charge on any atom is -0.472 e. The van der Waals surface area contributed by atoms with Crippen LogP contribution in [0, 0.1) is 13.8 Å². The smallest absolute Gasteiger partial charge is 0.270 e. The molecular weight excluding hydrogens is 342 g/mol. The van der Waals surface area contributed by atoms with Crippen molar-refractivity contribution in [1.82, 2.24) is 14.8 Å². The summed E-state index contributed by atoms with van der Waals surface area (Å²) in [6, 6.07) is 7.83. The van der Waals surface area contributed by atoms with Crippen LogP contribution in [0.15, 0.2) is 41.2 Å². The highest BCUT2D eigenvalue weighted by Gasteiger charge is 2.26. The molecule has 1 saturated heterocycles. The molecule has 27 heavy (non-hydrogen) atoms. The number of aryl methyl sites for hydroxylation is 2. The maximum Gasteiger partial charge on any atom is 0.270 e. The van der Waals surface area contributed by atoms with Crippen LogP contribution in [0.25, 0.3) is 10.9 Å². The molecule has 1 aliphatic heterocycles. The van der Waals surface area contributed by atoms with Gasteiger partial charge in [0.1, 0.15) is 12.0 Å². The van der Waals surface area contributed by atoms with Crippen LogP contribution in [0.1, 0.15) is 38.4 Å². The summed E-state index contributed by atoms with van der Waals surface area (Å²) in [5.74, 6) is -0.0470. The third kappa shape index (κ3) is 3.23. The predicted octanol–water partition coefficient (Wildman–Crippen LogP) is 3.37. The number of H-pyrrole nitrogens is 1. The molecule has 0 radical (unpaired) electrons. The fourth-order valence-electron chi connectivity index (χ4n) is 3.70. The molecular formula is C21H23N3O3. The largest absolute Gasteiger partial charge is 0.472 e. The van der Waals surface area contributed by atoms with Crippen molar-refractivity contribution in [2.75, 3.05) is 26.2 Å². The molecule has 0 atom stereocenters. The number of hydrogen-bond acceptors (Lipinski definition) is 3. The minimum absolute atomic E-state index is 0.000960. The number of rotatable bonds is 2. The maximum atomic E-state index is 13.1. The van der Waals surface area contributed by atoms with Gasteiger partial charge in [0.05, 0.1) is 11.8 Å². The van der Waals surface area contributed by atoms with Crippen LogP contribution in [0.4, 0.5) is 0 Å². The molecule has 2 amide bonds. The Hall–Kier alpha value is -3.02. The third-order valence-corrected chi connectivity index (χ3v) is 5.27. The van der Waals surface area contributed by atoms with E-state index in [0.29, 0.717) is 37.4 Å². The Bertz CT molecular complexity index is 988. The van der Waals surface area contributed by atoms with Gasteiger partial charge in [-0.1, -0.05) is 11.6 Å². The van der Waals surface area contributed by atoms with E-state index in [1.165, 1.54) is 18.1 Å². The van der Waals surface area contributed by atoms with Crippen LogP contribution in [-0.2, 0) is 0 Å². The summed E-state index contributed by atoms with van der Waals surface area (Å²) < 4.78 is 5.01. The topological polar surface area (TPSA) is 69.6 Å². The number of hydrogen-bond donors (Lipinski definition) is 1. The summed E-state index contributed by atoms with van der Waals surface area (Å²) in [7, 11) is 0. The van der Waals surface area contributed by atoms with E-state index in [0.717, 1.165) is 22.9 Å². The second kappa shape index (κ2) is 6.95. The molecule has 1 aliphatic rings. The number of nitrogens with zero attached hydrogens (tertiary/aromatic N) is 2. The number of aromatic amines is 1. The lowest BCUT2D eigenvalue weighted by Crippen LogP contribution is -2.37.